The number of anilines is 1. The fourth-order valence-corrected chi connectivity index (χ4v) is 3.26. The van der Waals surface area contributed by atoms with Crippen molar-refractivity contribution in [2.24, 2.45) is 0 Å². The molecule has 0 aliphatic carbocycles. The predicted octanol–water partition coefficient (Wildman–Crippen LogP) is 5.36. The molecule has 0 saturated carbocycles. The van der Waals surface area contributed by atoms with Crippen molar-refractivity contribution in [2.75, 3.05) is 23.4 Å². The zero-order chi connectivity index (χ0) is 17.5. The van der Waals surface area contributed by atoms with E-state index in [1.165, 1.54) is 11.8 Å². The molecule has 0 spiro atoms. The third-order valence-electron chi connectivity index (χ3n) is 3.24. The molecule has 0 radical (unpaired) electrons. The SMILES string of the molecule is Cc1cc(C)c(NC(=O)CSCCOc2ccc(Cl)cc2)c(Cl)c1. The van der Waals surface area contributed by atoms with E-state index in [0.717, 1.165) is 22.6 Å². The van der Waals surface area contributed by atoms with E-state index in [1.54, 1.807) is 12.1 Å². The third-order valence-corrected chi connectivity index (χ3v) is 4.71. The van der Waals surface area contributed by atoms with Gasteiger partial charge < -0.3 is 10.1 Å². The van der Waals surface area contributed by atoms with Gasteiger partial charge in [-0.25, -0.2) is 0 Å². The molecule has 1 amide bonds. The number of benzene rings is 2. The maximum atomic E-state index is 12.0. The standard InChI is InChI=1S/C18H19Cl2NO2S/c1-12-9-13(2)18(16(20)10-12)21-17(22)11-24-8-7-23-15-5-3-14(19)4-6-15/h3-6,9-10H,7-8,11H2,1-2H3,(H,21,22). The van der Waals surface area contributed by atoms with Crippen molar-refractivity contribution in [3.05, 3.63) is 57.6 Å². The lowest BCUT2D eigenvalue weighted by Gasteiger charge is -2.11. The zero-order valence-corrected chi connectivity index (χ0v) is 15.9. The maximum absolute atomic E-state index is 12.0. The van der Waals surface area contributed by atoms with Crippen molar-refractivity contribution < 1.29 is 9.53 Å². The second kappa shape index (κ2) is 9.21. The molecule has 24 heavy (non-hydrogen) atoms. The van der Waals surface area contributed by atoms with Crippen LogP contribution in [0.15, 0.2) is 36.4 Å². The van der Waals surface area contributed by atoms with Crippen LogP contribution in [0.25, 0.3) is 0 Å². The molecule has 0 aliphatic rings. The minimum absolute atomic E-state index is 0.0691. The van der Waals surface area contributed by atoms with Crippen LogP contribution in [0.1, 0.15) is 11.1 Å². The number of halogens is 2. The Kier molecular flexibility index (Phi) is 7.28. The lowest BCUT2D eigenvalue weighted by molar-refractivity contribution is -0.113. The quantitative estimate of drug-likeness (QED) is 0.653. The number of amides is 1. The van der Waals surface area contributed by atoms with E-state index in [9.17, 15) is 4.79 Å². The number of hydrogen-bond donors (Lipinski definition) is 1. The molecule has 0 fully saturated rings. The van der Waals surface area contributed by atoms with E-state index in [1.807, 2.05) is 38.1 Å². The number of nitrogens with one attached hydrogen (secondary N) is 1. The summed E-state index contributed by atoms with van der Waals surface area (Å²) in [5, 5.41) is 4.12. The Labute approximate surface area is 156 Å². The van der Waals surface area contributed by atoms with Crippen LogP contribution in [0.3, 0.4) is 0 Å². The van der Waals surface area contributed by atoms with Crippen molar-refractivity contribution in [3.8, 4) is 5.75 Å². The minimum Gasteiger partial charge on any atom is -0.493 e. The number of carbonyl (C=O) groups is 1. The first kappa shape index (κ1) is 19.0. The van der Waals surface area contributed by atoms with Crippen molar-refractivity contribution in [2.45, 2.75) is 13.8 Å². The van der Waals surface area contributed by atoms with E-state index >= 15 is 0 Å². The Balaban J connectivity index is 1.71. The number of ether oxygens (including phenoxy) is 1. The van der Waals surface area contributed by atoms with Gasteiger partial charge in [-0.3, -0.25) is 4.79 Å². The zero-order valence-electron chi connectivity index (χ0n) is 13.6. The summed E-state index contributed by atoms with van der Waals surface area (Å²) in [5.41, 5.74) is 2.72. The normalized spacial score (nSPS) is 10.5. The molecular formula is C18H19Cl2NO2S. The van der Waals surface area contributed by atoms with Gasteiger partial charge >= 0.3 is 0 Å². The minimum atomic E-state index is -0.0691. The largest absolute Gasteiger partial charge is 0.493 e. The molecule has 3 nitrogen and oxygen atoms in total. The van der Waals surface area contributed by atoms with Crippen molar-refractivity contribution in [1.82, 2.24) is 0 Å². The highest BCUT2D eigenvalue weighted by atomic mass is 35.5. The summed E-state index contributed by atoms with van der Waals surface area (Å²) in [5.74, 6) is 1.77. The van der Waals surface area contributed by atoms with Gasteiger partial charge in [-0.2, -0.15) is 0 Å². The van der Waals surface area contributed by atoms with Crippen LogP contribution in [0, 0.1) is 13.8 Å². The van der Waals surface area contributed by atoms with E-state index in [2.05, 4.69) is 5.32 Å². The van der Waals surface area contributed by atoms with Crippen LogP contribution in [0.5, 0.6) is 5.75 Å². The molecule has 0 bridgehead atoms. The van der Waals surface area contributed by atoms with Crippen LogP contribution in [0.2, 0.25) is 10.0 Å². The second-order valence-electron chi connectivity index (χ2n) is 5.34. The van der Waals surface area contributed by atoms with E-state index in [-0.39, 0.29) is 5.91 Å². The second-order valence-corrected chi connectivity index (χ2v) is 7.29. The van der Waals surface area contributed by atoms with E-state index < -0.39 is 0 Å². The molecule has 0 heterocycles. The fourth-order valence-electron chi connectivity index (χ4n) is 2.16. The molecule has 2 aromatic rings. The fraction of sp³-hybridized carbons (Fsp3) is 0.278. The lowest BCUT2D eigenvalue weighted by atomic mass is 10.1. The molecule has 0 aromatic heterocycles. The highest BCUT2D eigenvalue weighted by Gasteiger charge is 2.09. The maximum Gasteiger partial charge on any atom is 0.234 e. The summed E-state index contributed by atoms with van der Waals surface area (Å²) in [7, 11) is 0. The van der Waals surface area contributed by atoms with Gasteiger partial charge in [0.1, 0.15) is 5.75 Å². The monoisotopic (exact) mass is 383 g/mol. The predicted molar refractivity (Wildman–Crippen MR) is 104 cm³/mol. The van der Waals surface area contributed by atoms with Gasteiger partial charge in [0, 0.05) is 10.8 Å². The van der Waals surface area contributed by atoms with Gasteiger partial charge in [0.2, 0.25) is 5.91 Å². The van der Waals surface area contributed by atoms with E-state index in [0.29, 0.717) is 28.1 Å². The summed E-state index contributed by atoms with van der Waals surface area (Å²) < 4.78 is 5.58. The highest BCUT2D eigenvalue weighted by Crippen LogP contribution is 2.27. The molecule has 0 atom stereocenters. The molecule has 2 aromatic carbocycles. The van der Waals surface area contributed by atoms with Crippen molar-refractivity contribution >= 4 is 46.6 Å². The number of rotatable bonds is 7. The lowest BCUT2D eigenvalue weighted by Crippen LogP contribution is -2.16. The number of carbonyl (C=O) groups excluding carboxylic acids is 1. The number of hydrogen-bond acceptors (Lipinski definition) is 3. The smallest absolute Gasteiger partial charge is 0.234 e. The Bertz CT molecular complexity index is 682. The van der Waals surface area contributed by atoms with Crippen molar-refractivity contribution in [3.63, 3.8) is 0 Å². The van der Waals surface area contributed by atoms with Gasteiger partial charge in [0.15, 0.2) is 0 Å². The number of aryl methyl sites for hydroxylation is 2. The Morgan fingerprint density at radius 1 is 1.17 bits per heavy atom. The number of thioether (sulfide) groups is 1. The van der Waals surface area contributed by atoms with E-state index in [4.69, 9.17) is 27.9 Å². The van der Waals surface area contributed by atoms with Crippen molar-refractivity contribution in [1.29, 1.82) is 0 Å². The summed E-state index contributed by atoms with van der Waals surface area (Å²) in [4.78, 5) is 12.0. The third kappa shape index (κ3) is 5.93. The van der Waals surface area contributed by atoms with Gasteiger partial charge in [0.05, 0.1) is 23.1 Å². The van der Waals surface area contributed by atoms with Crippen LogP contribution < -0.4 is 10.1 Å². The molecule has 6 heteroatoms. The molecule has 0 saturated heterocycles. The average molecular weight is 384 g/mol. The first-order chi connectivity index (χ1) is 11.5. The van der Waals surface area contributed by atoms with Crippen LogP contribution in [0.4, 0.5) is 5.69 Å². The van der Waals surface area contributed by atoms with Gasteiger partial charge in [-0.15, -0.1) is 11.8 Å². The highest BCUT2D eigenvalue weighted by molar-refractivity contribution is 7.99. The van der Waals surface area contributed by atoms with Gasteiger partial charge in [-0.05, 0) is 55.3 Å². The molecule has 2 rings (SSSR count). The van der Waals surface area contributed by atoms with Crippen LogP contribution in [-0.2, 0) is 4.79 Å². The summed E-state index contributed by atoms with van der Waals surface area (Å²) in [6.45, 7) is 4.44. The summed E-state index contributed by atoms with van der Waals surface area (Å²) in [6.07, 6.45) is 0. The summed E-state index contributed by atoms with van der Waals surface area (Å²) in [6, 6.07) is 11.0. The topological polar surface area (TPSA) is 38.3 Å². The Morgan fingerprint density at radius 2 is 1.88 bits per heavy atom. The Hall–Kier alpha value is -1.36. The molecular weight excluding hydrogens is 365 g/mol. The average Bonchev–Trinajstić information content (AvgIpc) is 2.52. The van der Waals surface area contributed by atoms with Crippen LogP contribution >= 0.6 is 35.0 Å². The molecule has 0 aliphatic heterocycles. The first-order valence-electron chi connectivity index (χ1n) is 7.48. The van der Waals surface area contributed by atoms with Crippen LogP contribution in [-0.4, -0.2) is 24.0 Å². The first-order valence-corrected chi connectivity index (χ1v) is 9.39. The van der Waals surface area contributed by atoms with Gasteiger partial charge in [0.25, 0.3) is 0 Å². The van der Waals surface area contributed by atoms with Gasteiger partial charge in [-0.1, -0.05) is 29.3 Å². The molecule has 128 valence electrons. The molecule has 1 N–H and O–H groups in total. The molecule has 0 unspecified atom stereocenters. The Morgan fingerprint density at radius 3 is 2.54 bits per heavy atom. The summed E-state index contributed by atoms with van der Waals surface area (Å²) >= 11 is 13.5.